The zero-order chi connectivity index (χ0) is 14.8. The Kier molecular flexibility index (Phi) is 8.26. The summed E-state index contributed by atoms with van der Waals surface area (Å²) in [6.45, 7) is 7.60. The van der Waals surface area contributed by atoms with Crippen molar-refractivity contribution in [3.63, 3.8) is 0 Å². The molecule has 0 aliphatic carbocycles. The fourth-order valence-corrected chi connectivity index (χ4v) is 2.55. The molecule has 1 rings (SSSR count). The molecule has 1 saturated heterocycles. The van der Waals surface area contributed by atoms with Gasteiger partial charge in [-0.15, -0.1) is 0 Å². The van der Waals surface area contributed by atoms with E-state index >= 15 is 0 Å². The van der Waals surface area contributed by atoms with Crippen molar-refractivity contribution < 1.29 is 9.59 Å². The second kappa shape index (κ2) is 9.75. The summed E-state index contributed by atoms with van der Waals surface area (Å²) in [4.78, 5) is 25.8. The lowest BCUT2D eigenvalue weighted by molar-refractivity contribution is -0.133. The minimum Gasteiger partial charge on any atom is -0.352 e. The Labute approximate surface area is 122 Å². The summed E-state index contributed by atoms with van der Waals surface area (Å²) in [6, 6.07) is 0.230. The van der Waals surface area contributed by atoms with Crippen LogP contribution in [0.15, 0.2) is 0 Å². The van der Waals surface area contributed by atoms with Crippen LogP contribution in [0.25, 0.3) is 0 Å². The Balaban J connectivity index is 2.25. The van der Waals surface area contributed by atoms with Crippen molar-refractivity contribution >= 4 is 11.8 Å². The number of carbonyl (C=O) groups is 2. The predicted molar refractivity (Wildman–Crippen MR) is 80.4 cm³/mol. The summed E-state index contributed by atoms with van der Waals surface area (Å²) >= 11 is 0. The van der Waals surface area contributed by atoms with Crippen molar-refractivity contribution in [1.82, 2.24) is 15.5 Å². The normalized spacial score (nSPS) is 18.6. The molecule has 20 heavy (non-hydrogen) atoms. The van der Waals surface area contributed by atoms with Gasteiger partial charge in [0.15, 0.2) is 0 Å². The molecular weight excluding hydrogens is 254 g/mol. The fourth-order valence-electron chi connectivity index (χ4n) is 2.55. The van der Waals surface area contributed by atoms with Gasteiger partial charge in [-0.3, -0.25) is 9.59 Å². The number of piperidine rings is 1. The zero-order valence-corrected chi connectivity index (χ0v) is 12.9. The maximum absolute atomic E-state index is 12.1. The summed E-state index contributed by atoms with van der Waals surface area (Å²) in [6.07, 6.45) is 4.69. The Morgan fingerprint density at radius 2 is 1.90 bits per heavy atom. The lowest BCUT2D eigenvalue weighted by Gasteiger charge is -2.24. The van der Waals surface area contributed by atoms with Crippen LogP contribution < -0.4 is 10.6 Å². The van der Waals surface area contributed by atoms with Crippen LogP contribution in [0.2, 0.25) is 0 Å². The first-order chi connectivity index (χ1) is 9.67. The van der Waals surface area contributed by atoms with E-state index in [4.69, 9.17) is 0 Å². The summed E-state index contributed by atoms with van der Waals surface area (Å²) in [5.41, 5.74) is 0. The molecule has 2 amide bonds. The summed E-state index contributed by atoms with van der Waals surface area (Å²) in [5.74, 6) is 0.102. The van der Waals surface area contributed by atoms with Crippen molar-refractivity contribution in [2.24, 2.45) is 0 Å². The molecule has 5 nitrogen and oxygen atoms in total. The van der Waals surface area contributed by atoms with E-state index in [1.807, 2.05) is 4.90 Å². The van der Waals surface area contributed by atoms with Crippen LogP contribution in [-0.2, 0) is 9.59 Å². The maximum Gasteiger partial charge on any atom is 0.223 e. The van der Waals surface area contributed by atoms with Gasteiger partial charge in [0.25, 0.3) is 0 Å². The van der Waals surface area contributed by atoms with Gasteiger partial charge < -0.3 is 15.5 Å². The molecule has 0 aromatic heterocycles. The minimum absolute atomic E-state index is 0.00000283. The van der Waals surface area contributed by atoms with Crippen molar-refractivity contribution in [3.8, 4) is 0 Å². The standard InChI is InChI=1S/C15H29N3O2/c1-3-10-18(11-4-2)15(20)8-7-14(19)17-13-6-5-9-16-12-13/h13,16H,3-12H2,1-2H3,(H,17,19)/t13-/m0/s1. The fraction of sp³-hybridized carbons (Fsp3) is 0.867. The van der Waals surface area contributed by atoms with Gasteiger partial charge in [-0.05, 0) is 32.2 Å². The van der Waals surface area contributed by atoms with Gasteiger partial charge >= 0.3 is 0 Å². The third-order valence-corrected chi connectivity index (χ3v) is 3.57. The first-order valence-corrected chi connectivity index (χ1v) is 7.95. The molecule has 1 atom stereocenters. The van der Waals surface area contributed by atoms with Gasteiger partial charge in [0.1, 0.15) is 0 Å². The number of carbonyl (C=O) groups excluding carboxylic acids is 2. The van der Waals surface area contributed by atoms with Crippen LogP contribution in [0.4, 0.5) is 0 Å². The summed E-state index contributed by atoms with van der Waals surface area (Å²) in [7, 11) is 0. The monoisotopic (exact) mass is 283 g/mol. The van der Waals surface area contributed by atoms with E-state index in [0.29, 0.717) is 12.8 Å². The minimum atomic E-state index is -0.00000283. The van der Waals surface area contributed by atoms with Crippen LogP contribution >= 0.6 is 0 Å². The van der Waals surface area contributed by atoms with E-state index in [9.17, 15) is 9.59 Å². The van der Waals surface area contributed by atoms with Crippen LogP contribution in [0.3, 0.4) is 0 Å². The van der Waals surface area contributed by atoms with E-state index in [1.54, 1.807) is 0 Å². The molecule has 0 aromatic rings. The third kappa shape index (κ3) is 6.37. The lowest BCUT2D eigenvalue weighted by atomic mass is 10.1. The van der Waals surface area contributed by atoms with Crippen LogP contribution in [-0.4, -0.2) is 48.9 Å². The van der Waals surface area contributed by atoms with Gasteiger partial charge in [0.05, 0.1) is 0 Å². The van der Waals surface area contributed by atoms with Gasteiger partial charge in [0.2, 0.25) is 11.8 Å². The SMILES string of the molecule is CCCN(CCC)C(=O)CCC(=O)N[C@H]1CCCNC1. The smallest absolute Gasteiger partial charge is 0.223 e. The van der Waals surface area contributed by atoms with E-state index in [-0.39, 0.29) is 17.9 Å². The molecule has 1 fully saturated rings. The average Bonchev–Trinajstić information content (AvgIpc) is 2.45. The number of rotatable bonds is 8. The van der Waals surface area contributed by atoms with Crippen molar-refractivity contribution in [3.05, 3.63) is 0 Å². The zero-order valence-electron chi connectivity index (χ0n) is 12.9. The highest BCUT2D eigenvalue weighted by molar-refractivity contribution is 5.83. The van der Waals surface area contributed by atoms with E-state index in [2.05, 4.69) is 24.5 Å². The molecule has 0 bridgehead atoms. The van der Waals surface area contributed by atoms with E-state index < -0.39 is 0 Å². The maximum atomic E-state index is 12.1. The Morgan fingerprint density at radius 3 is 2.45 bits per heavy atom. The molecule has 5 heteroatoms. The molecule has 0 radical (unpaired) electrons. The molecule has 116 valence electrons. The molecule has 0 spiro atoms. The second-order valence-corrected chi connectivity index (χ2v) is 5.49. The van der Waals surface area contributed by atoms with Crippen LogP contribution in [0.5, 0.6) is 0 Å². The molecular formula is C15H29N3O2. The number of nitrogens with zero attached hydrogens (tertiary/aromatic N) is 1. The van der Waals surface area contributed by atoms with Crippen LogP contribution in [0, 0.1) is 0 Å². The van der Waals surface area contributed by atoms with Gasteiger partial charge in [0, 0.05) is 38.5 Å². The Morgan fingerprint density at radius 1 is 1.20 bits per heavy atom. The number of nitrogens with one attached hydrogen (secondary N) is 2. The molecule has 1 aliphatic heterocycles. The Bertz CT molecular complexity index is 295. The topological polar surface area (TPSA) is 61.4 Å². The first-order valence-electron chi connectivity index (χ1n) is 7.95. The highest BCUT2D eigenvalue weighted by atomic mass is 16.2. The highest BCUT2D eigenvalue weighted by Gasteiger charge is 2.17. The second-order valence-electron chi connectivity index (χ2n) is 5.49. The summed E-state index contributed by atoms with van der Waals surface area (Å²) in [5, 5.41) is 6.27. The largest absolute Gasteiger partial charge is 0.352 e. The van der Waals surface area contributed by atoms with Crippen molar-refractivity contribution in [1.29, 1.82) is 0 Å². The molecule has 2 N–H and O–H groups in total. The third-order valence-electron chi connectivity index (χ3n) is 3.57. The van der Waals surface area contributed by atoms with Gasteiger partial charge in [-0.1, -0.05) is 13.8 Å². The first kappa shape index (κ1) is 17.0. The van der Waals surface area contributed by atoms with E-state index in [0.717, 1.165) is 51.9 Å². The predicted octanol–water partition coefficient (Wildman–Crippen LogP) is 1.28. The molecule has 0 saturated carbocycles. The van der Waals surface area contributed by atoms with Crippen molar-refractivity contribution in [2.75, 3.05) is 26.2 Å². The molecule has 1 heterocycles. The van der Waals surface area contributed by atoms with Crippen LogP contribution in [0.1, 0.15) is 52.4 Å². The number of hydrogen-bond acceptors (Lipinski definition) is 3. The molecule has 0 aromatic carbocycles. The number of hydrogen-bond donors (Lipinski definition) is 2. The quantitative estimate of drug-likeness (QED) is 0.705. The highest BCUT2D eigenvalue weighted by Crippen LogP contribution is 2.04. The van der Waals surface area contributed by atoms with E-state index in [1.165, 1.54) is 0 Å². The van der Waals surface area contributed by atoms with Crippen molar-refractivity contribution in [2.45, 2.75) is 58.4 Å². The number of amides is 2. The molecule has 1 aliphatic rings. The Hall–Kier alpha value is -1.10. The average molecular weight is 283 g/mol. The molecule has 0 unspecified atom stereocenters. The van der Waals surface area contributed by atoms with Gasteiger partial charge in [-0.2, -0.15) is 0 Å². The lowest BCUT2D eigenvalue weighted by Crippen LogP contribution is -2.45. The van der Waals surface area contributed by atoms with Gasteiger partial charge in [-0.25, -0.2) is 0 Å². The summed E-state index contributed by atoms with van der Waals surface area (Å²) < 4.78 is 0.